The van der Waals surface area contributed by atoms with Crippen LogP contribution in [0.25, 0.3) is 11.1 Å². The van der Waals surface area contributed by atoms with Crippen molar-refractivity contribution < 1.29 is 19.1 Å². The van der Waals surface area contributed by atoms with Crippen LogP contribution in [0.5, 0.6) is 0 Å². The third-order valence-corrected chi connectivity index (χ3v) is 4.22. The highest BCUT2D eigenvalue weighted by Crippen LogP contribution is 2.35. The van der Waals surface area contributed by atoms with Crippen LogP contribution >= 0.6 is 11.3 Å². The second-order valence-corrected chi connectivity index (χ2v) is 5.24. The Hall–Kier alpha value is -1.82. The molecule has 3 rings (SSSR count). The zero-order chi connectivity index (χ0) is 14.3. The molecule has 1 aromatic carbocycles. The first-order chi connectivity index (χ1) is 9.64. The zero-order valence-electron chi connectivity index (χ0n) is 11.0. The first-order valence-corrected chi connectivity index (χ1v) is 6.95. The molecule has 1 aromatic heterocycles. The highest BCUT2D eigenvalue weighted by Gasteiger charge is 2.54. The summed E-state index contributed by atoms with van der Waals surface area (Å²) >= 11 is 1.58. The summed E-state index contributed by atoms with van der Waals surface area (Å²) in [6, 6.07) is 7.17. The summed E-state index contributed by atoms with van der Waals surface area (Å²) in [6.45, 7) is 0. The van der Waals surface area contributed by atoms with E-state index in [1.165, 1.54) is 14.2 Å². The predicted molar refractivity (Wildman–Crippen MR) is 75.2 cm³/mol. The van der Waals surface area contributed by atoms with E-state index in [-0.39, 0.29) is 0 Å². The summed E-state index contributed by atoms with van der Waals surface area (Å²) in [4.78, 5) is 24.8. The number of ether oxygens (including phenoxy) is 2. The Morgan fingerprint density at radius 2 is 1.65 bits per heavy atom. The fourth-order valence-electron chi connectivity index (χ4n) is 2.45. The summed E-state index contributed by atoms with van der Waals surface area (Å²) in [7, 11) is 2.59. The largest absolute Gasteiger partial charge is 0.341 e. The molecule has 0 N–H and O–H groups in total. The van der Waals surface area contributed by atoms with Crippen molar-refractivity contribution >= 4 is 22.9 Å². The van der Waals surface area contributed by atoms with Gasteiger partial charge in [0.05, 0.1) is 0 Å². The normalized spacial score (nSPS) is 16.5. The number of carbonyl (C=O) groups is 2. The van der Waals surface area contributed by atoms with Crippen LogP contribution in [0.1, 0.15) is 20.7 Å². The Morgan fingerprint density at radius 1 is 0.950 bits per heavy atom. The molecule has 4 nitrogen and oxygen atoms in total. The molecule has 1 aliphatic carbocycles. The minimum absolute atomic E-state index is 0.345. The summed E-state index contributed by atoms with van der Waals surface area (Å²) < 4.78 is 10.1. The number of benzene rings is 1. The summed E-state index contributed by atoms with van der Waals surface area (Å²) in [5.74, 6) is -2.71. The van der Waals surface area contributed by atoms with Crippen molar-refractivity contribution in [2.75, 3.05) is 14.2 Å². The molecular weight excluding hydrogens is 276 g/mol. The Labute approximate surface area is 119 Å². The molecule has 5 heteroatoms. The van der Waals surface area contributed by atoms with Crippen LogP contribution in [0.3, 0.4) is 0 Å². The van der Waals surface area contributed by atoms with Gasteiger partial charge in [-0.3, -0.25) is 9.59 Å². The van der Waals surface area contributed by atoms with E-state index in [1.807, 2.05) is 22.9 Å². The van der Waals surface area contributed by atoms with Crippen LogP contribution in [-0.4, -0.2) is 31.6 Å². The number of ketones is 2. The lowest BCUT2D eigenvalue weighted by Gasteiger charge is -2.21. The molecule has 0 aliphatic heterocycles. The second kappa shape index (κ2) is 4.63. The zero-order valence-corrected chi connectivity index (χ0v) is 11.8. The van der Waals surface area contributed by atoms with E-state index >= 15 is 0 Å². The molecule has 2 aromatic rings. The van der Waals surface area contributed by atoms with Crippen molar-refractivity contribution in [1.82, 2.24) is 0 Å². The quantitative estimate of drug-likeness (QED) is 0.643. The molecule has 0 spiro atoms. The topological polar surface area (TPSA) is 52.6 Å². The monoisotopic (exact) mass is 288 g/mol. The SMILES string of the molecule is COC1(OC)C(=O)c2ccc(-c3ccsc3)cc2C1=O. The van der Waals surface area contributed by atoms with Gasteiger partial charge in [0, 0.05) is 25.3 Å². The third-order valence-electron chi connectivity index (χ3n) is 3.54. The number of fused-ring (bicyclic) bond motifs is 1. The van der Waals surface area contributed by atoms with Gasteiger partial charge in [-0.15, -0.1) is 0 Å². The van der Waals surface area contributed by atoms with Crippen LogP contribution in [0.4, 0.5) is 0 Å². The van der Waals surface area contributed by atoms with Gasteiger partial charge in [0.25, 0.3) is 5.79 Å². The smallest absolute Gasteiger partial charge is 0.299 e. The number of hydrogen-bond acceptors (Lipinski definition) is 5. The van der Waals surface area contributed by atoms with Gasteiger partial charge in [-0.2, -0.15) is 11.3 Å². The maximum atomic E-state index is 12.4. The molecule has 0 saturated heterocycles. The van der Waals surface area contributed by atoms with Crippen molar-refractivity contribution in [2.45, 2.75) is 5.79 Å². The molecule has 1 heterocycles. The van der Waals surface area contributed by atoms with Crippen molar-refractivity contribution in [3.05, 3.63) is 46.2 Å². The van der Waals surface area contributed by atoms with Gasteiger partial charge in [-0.25, -0.2) is 0 Å². The number of hydrogen-bond donors (Lipinski definition) is 0. The van der Waals surface area contributed by atoms with Gasteiger partial charge < -0.3 is 9.47 Å². The summed E-state index contributed by atoms with van der Waals surface area (Å²) in [5, 5.41) is 3.95. The van der Waals surface area contributed by atoms with E-state index in [1.54, 1.807) is 23.5 Å². The van der Waals surface area contributed by atoms with Crippen LogP contribution in [0.2, 0.25) is 0 Å². The van der Waals surface area contributed by atoms with Crippen LogP contribution in [-0.2, 0) is 9.47 Å². The van der Waals surface area contributed by atoms with Crippen LogP contribution in [0, 0.1) is 0 Å². The molecule has 102 valence electrons. The third kappa shape index (κ3) is 1.61. The Balaban J connectivity index is 2.15. The van der Waals surface area contributed by atoms with Gasteiger partial charge in [0.15, 0.2) is 0 Å². The predicted octanol–water partition coefficient (Wildman–Crippen LogP) is 2.78. The molecule has 0 saturated carbocycles. The number of methoxy groups -OCH3 is 2. The first kappa shape index (κ1) is 13.2. The molecule has 20 heavy (non-hydrogen) atoms. The molecule has 0 radical (unpaired) electrons. The van der Waals surface area contributed by atoms with Crippen molar-refractivity contribution in [3.8, 4) is 11.1 Å². The average Bonchev–Trinajstić information content (AvgIpc) is 3.07. The van der Waals surface area contributed by atoms with E-state index in [0.29, 0.717) is 11.1 Å². The van der Waals surface area contributed by atoms with Gasteiger partial charge >= 0.3 is 0 Å². The fourth-order valence-corrected chi connectivity index (χ4v) is 3.12. The maximum absolute atomic E-state index is 12.4. The second-order valence-electron chi connectivity index (χ2n) is 4.46. The maximum Gasteiger partial charge on any atom is 0.299 e. The number of Topliss-reactive ketones (excluding diaryl/α,β-unsaturated/α-hetero) is 2. The first-order valence-electron chi connectivity index (χ1n) is 6.00. The number of carbonyl (C=O) groups excluding carboxylic acids is 2. The molecule has 1 aliphatic rings. The van der Waals surface area contributed by atoms with E-state index in [0.717, 1.165) is 11.1 Å². The molecule has 0 unspecified atom stereocenters. The molecule has 0 amide bonds. The molecule has 0 bridgehead atoms. The highest BCUT2D eigenvalue weighted by atomic mass is 32.1. The number of rotatable bonds is 3. The lowest BCUT2D eigenvalue weighted by molar-refractivity contribution is -0.133. The van der Waals surface area contributed by atoms with Gasteiger partial charge in [-0.1, -0.05) is 6.07 Å². The summed E-state index contributed by atoms with van der Waals surface area (Å²) in [6.07, 6.45) is 0. The van der Waals surface area contributed by atoms with E-state index in [9.17, 15) is 9.59 Å². The lowest BCUT2D eigenvalue weighted by Crippen LogP contribution is -2.45. The molecule has 0 fully saturated rings. The van der Waals surface area contributed by atoms with E-state index in [4.69, 9.17) is 9.47 Å². The van der Waals surface area contributed by atoms with E-state index < -0.39 is 17.4 Å². The van der Waals surface area contributed by atoms with Crippen molar-refractivity contribution in [1.29, 1.82) is 0 Å². The van der Waals surface area contributed by atoms with Crippen LogP contribution < -0.4 is 0 Å². The van der Waals surface area contributed by atoms with Gasteiger partial charge in [0.2, 0.25) is 11.6 Å². The fraction of sp³-hybridized carbons (Fsp3) is 0.200. The highest BCUT2D eigenvalue weighted by molar-refractivity contribution is 7.08. The Kier molecular flexibility index (Phi) is 3.05. The Morgan fingerprint density at radius 3 is 2.25 bits per heavy atom. The van der Waals surface area contributed by atoms with Gasteiger partial charge in [0.1, 0.15) is 0 Å². The lowest BCUT2D eigenvalue weighted by atomic mass is 10.0. The summed E-state index contributed by atoms with van der Waals surface area (Å²) in [5.41, 5.74) is 2.61. The molecular formula is C15H12O4S. The standard InChI is InChI=1S/C15H12O4S/c1-18-15(19-2)13(16)11-4-3-9(7-12(11)14(15)17)10-5-6-20-8-10/h3-8H,1-2H3. The van der Waals surface area contributed by atoms with Crippen molar-refractivity contribution in [2.24, 2.45) is 0 Å². The minimum Gasteiger partial charge on any atom is -0.341 e. The van der Waals surface area contributed by atoms with Crippen LogP contribution in [0.15, 0.2) is 35.0 Å². The number of thiophene rings is 1. The van der Waals surface area contributed by atoms with E-state index in [2.05, 4.69) is 0 Å². The average molecular weight is 288 g/mol. The van der Waals surface area contributed by atoms with Crippen molar-refractivity contribution in [3.63, 3.8) is 0 Å². The Bertz CT molecular complexity index is 684. The molecule has 0 atom stereocenters. The van der Waals surface area contributed by atoms with Gasteiger partial charge in [-0.05, 0) is 40.1 Å². The minimum atomic E-state index is -1.82.